The third kappa shape index (κ3) is 9.51. The fourth-order valence-electron chi connectivity index (χ4n) is 4.89. The number of aryl methyl sites for hydroxylation is 1. The van der Waals surface area contributed by atoms with Gasteiger partial charge in [-0.3, -0.25) is 19.4 Å². The van der Waals surface area contributed by atoms with Crippen LogP contribution >= 0.6 is 0 Å². The lowest BCUT2D eigenvalue weighted by atomic mass is 9.79. The minimum atomic E-state index is -1.83. The third-order valence-electron chi connectivity index (χ3n) is 7.22. The topological polar surface area (TPSA) is 176 Å². The number of carbonyl (C=O) groups is 2. The van der Waals surface area contributed by atoms with E-state index in [1.165, 1.54) is 30.8 Å². The zero-order chi connectivity index (χ0) is 36.2. The summed E-state index contributed by atoms with van der Waals surface area (Å²) in [4.78, 5) is 42.7. The van der Waals surface area contributed by atoms with Crippen LogP contribution < -0.4 is 26.5 Å². The summed E-state index contributed by atoms with van der Waals surface area (Å²) in [6.07, 6.45) is 8.38. The Hall–Kier alpha value is -6.62. The van der Waals surface area contributed by atoms with Gasteiger partial charge in [0, 0.05) is 35.2 Å². The average molecular weight is 682 g/mol. The maximum Gasteiger partial charge on any atom is 0.488 e. The average Bonchev–Trinajstić information content (AvgIpc) is 3.14. The van der Waals surface area contributed by atoms with E-state index >= 15 is 0 Å². The fraction of sp³-hybridized carbons (Fsp3) is 0.105. The van der Waals surface area contributed by atoms with Crippen molar-refractivity contribution in [1.82, 2.24) is 15.8 Å². The second-order valence-corrected chi connectivity index (χ2v) is 11.0. The lowest BCUT2D eigenvalue weighted by Crippen LogP contribution is -2.30. The molecule has 2 amide bonds. The van der Waals surface area contributed by atoms with Gasteiger partial charge in [0.1, 0.15) is 17.9 Å². The first-order valence-electron chi connectivity index (χ1n) is 15.8. The number of pyridine rings is 1. The number of aromatic nitrogens is 1. The van der Waals surface area contributed by atoms with Crippen LogP contribution in [-0.2, 0) is 6.42 Å². The molecule has 13 heteroatoms. The van der Waals surface area contributed by atoms with Crippen LogP contribution in [0.15, 0.2) is 117 Å². The zero-order valence-corrected chi connectivity index (χ0v) is 27.5. The van der Waals surface area contributed by atoms with Gasteiger partial charge < -0.3 is 19.2 Å². The second kappa shape index (κ2) is 17.2. The number of hydrogen-bond acceptors (Lipinski definition) is 10. The fourth-order valence-corrected chi connectivity index (χ4v) is 4.89. The summed E-state index contributed by atoms with van der Waals surface area (Å²) in [5, 5.41) is 27.9. The molecule has 0 unspecified atom stereocenters. The number of nitrogens with zero attached hydrogens (tertiary/aromatic N) is 3. The Labute approximate surface area is 293 Å². The van der Waals surface area contributed by atoms with Crippen LogP contribution in [0.4, 0.5) is 0 Å². The SMILES string of the molecule is C=CCOc1ccc2c(=O)cc(C(=O)N/N=C/c3cc(/C=N/NC(=O)c4cncc(C#Cc5ccccc5)c4)cc(B(O)O)c3)oc2c1CCC. The van der Waals surface area contributed by atoms with Gasteiger partial charge in [-0.05, 0) is 59.4 Å². The molecule has 254 valence electrons. The molecule has 0 aliphatic carbocycles. The Balaban J connectivity index is 1.29. The summed E-state index contributed by atoms with van der Waals surface area (Å²) >= 11 is 0. The minimum absolute atomic E-state index is 0.102. The van der Waals surface area contributed by atoms with Crippen LogP contribution in [0.2, 0.25) is 0 Å². The van der Waals surface area contributed by atoms with Crippen molar-refractivity contribution in [3.8, 4) is 17.6 Å². The molecule has 5 aromatic rings. The Morgan fingerprint density at radius 2 is 1.65 bits per heavy atom. The quantitative estimate of drug-likeness (QED) is 0.0510. The smallest absolute Gasteiger partial charge is 0.488 e. The third-order valence-corrected chi connectivity index (χ3v) is 7.22. The summed E-state index contributed by atoms with van der Waals surface area (Å²) in [5.74, 6) is 4.95. The van der Waals surface area contributed by atoms with Crippen molar-refractivity contribution in [1.29, 1.82) is 0 Å². The summed E-state index contributed by atoms with van der Waals surface area (Å²) in [6.45, 7) is 5.89. The van der Waals surface area contributed by atoms with Gasteiger partial charge >= 0.3 is 13.0 Å². The van der Waals surface area contributed by atoms with E-state index in [9.17, 15) is 24.4 Å². The van der Waals surface area contributed by atoms with E-state index in [0.29, 0.717) is 39.8 Å². The van der Waals surface area contributed by atoms with Gasteiger partial charge in [0.25, 0.3) is 5.91 Å². The maximum absolute atomic E-state index is 13.0. The van der Waals surface area contributed by atoms with Crippen LogP contribution in [0.5, 0.6) is 5.75 Å². The largest absolute Gasteiger partial charge is 0.489 e. The molecule has 2 aromatic heterocycles. The Bertz CT molecular complexity index is 2260. The van der Waals surface area contributed by atoms with Crippen LogP contribution in [0.3, 0.4) is 0 Å². The molecular formula is C38H32BN5O7. The standard InChI is InChI=1S/C38H32BN5O7/c1-3-8-32-34(50-15-4-2)14-13-31-33(45)20-35(51-36(31)32)38(47)44-42-23-28-16-27(18-30(19-28)39(48)49)22-41-43-37(46)29-17-26(21-40-24-29)12-11-25-9-6-5-7-10-25/h4-7,9-10,13-14,16-24,48-49H,2-3,8,15H2,1H3,(H,43,46)(H,44,47)/b41-22+,42-23+. The van der Waals surface area contributed by atoms with E-state index in [1.807, 2.05) is 37.3 Å². The monoisotopic (exact) mass is 681 g/mol. The van der Waals surface area contributed by atoms with Gasteiger partial charge in [-0.25, -0.2) is 10.9 Å². The Morgan fingerprint density at radius 3 is 2.33 bits per heavy atom. The van der Waals surface area contributed by atoms with E-state index < -0.39 is 24.4 Å². The van der Waals surface area contributed by atoms with Crippen molar-refractivity contribution in [3.63, 3.8) is 0 Å². The van der Waals surface area contributed by atoms with Crippen molar-refractivity contribution in [2.45, 2.75) is 19.8 Å². The van der Waals surface area contributed by atoms with Gasteiger partial charge in [-0.2, -0.15) is 10.2 Å². The van der Waals surface area contributed by atoms with Crippen LogP contribution in [-0.4, -0.2) is 53.0 Å². The van der Waals surface area contributed by atoms with Crippen LogP contribution in [0.25, 0.3) is 11.0 Å². The molecule has 0 radical (unpaired) electrons. The molecule has 0 fully saturated rings. The number of hydrogen-bond donors (Lipinski definition) is 4. The van der Waals surface area contributed by atoms with Crippen molar-refractivity contribution in [2.75, 3.05) is 6.61 Å². The molecule has 0 aliphatic rings. The lowest BCUT2D eigenvalue weighted by Gasteiger charge is -2.12. The van der Waals surface area contributed by atoms with Gasteiger partial charge in [-0.1, -0.05) is 68.2 Å². The molecule has 0 bridgehead atoms. The van der Waals surface area contributed by atoms with E-state index in [0.717, 1.165) is 18.1 Å². The zero-order valence-electron chi connectivity index (χ0n) is 27.5. The predicted molar refractivity (Wildman–Crippen MR) is 195 cm³/mol. The van der Waals surface area contributed by atoms with Crippen molar-refractivity contribution >= 4 is 47.8 Å². The second-order valence-electron chi connectivity index (χ2n) is 11.0. The molecule has 0 aliphatic heterocycles. The van der Waals surface area contributed by atoms with Crippen molar-refractivity contribution < 1.29 is 28.8 Å². The maximum atomic E-state index is 13.0. The van der Waals surface area contributed by atoms with Crippen LogP contribution in [0, 0.1) is 11.8 Å². The van der Waals surface area contributed by atoms with E-state index in [4.69, 9.17) is 9.15 Å². The molecular weight excluding hydrogens is 649 g/mol. The number of fused-ring (bicyclic) bond motifs is 1. The first-order chi connectivity index (χ1) is 24.7. The number of nitrogens with one attached hydrogen (secondary N) is 2. The first kappa shape index (κ1) is 35.7. The summed E-state index contributed by atoms with van der Waals surface area (Å²) < 4.78 is 11.6. The molecule has 51 heavy (non-hydrogen) atoms. The molecule has 0 saturated heterocycles. The summed E-state index contributed by atoms with van der Waals surface area (Å²) in [7, 11) is -1.83. The number of amides is 2. The number of hydrazone groups is 2. The van der Waals surface area contributed by atoms with Gasteiger partial charge in [-0.15, -0.1) is 0 Å². The van der Waals surface area contributed by atoms with Crippen molar-refractivity contribution in [2.24, 2.45) is 10.2 Å². The predicted octanol–water partition coefficient (Wildman–Crippen LogP) is 3.31. The Morgan fingerprint density at radius 1 is 0.941 bits per heavy atom. The molecule has 0 atom stereocenters. The molecule has 12 nitrogen and oxygen atoms in total. The molecule has 3 aromatic carbocycles. The number of benzene rings is 3. The van der Waals surface area contributed by atoms with E-state index in [-0.39, 0.29) is 29.0 Å². The van der Waals surface area contributed by atoms with Gasteiger partial charge in [0.2, 0.25) is 0 Å². The highest BCUT2D eigenvalue weighted by molar-refractivity contribution is 6.58. The van der Waals surface area contributed by atoms with Gasteiger partial charge in [0.05, 0.1) is 23.4 Å². The minimum Gasteiger partial charge on any atom is -0.489 e. The summed E-state index contributed by atoms with van der Waals surface area (Å²) in [6, 6.07) is 19.8. The Kier molecular flexibility index (Phi) is 12.0. The molecule has 0 saturated carbocycles. The van der Waals surface area contributed by atoms with Gasteiger partial charge in [0.15, 0.2) is 11.2 Å². The molecule has 2 heterocycles. The highest BCUT2D eigenvalue weighted by Gasteiger charge is 2.18. The summed E-state index contributed by atoms with van der Waals surface area (Å²) in [5.41, 5.74) is 7.70. The molecule has 0 spiro atoms. The highest BCUT2D eigenvalue weighted by atomic mass is 16.5. The molecule has 4 N–H and O–H groups in total. The van der Waals surface area contributed by atoms with Crippen molar-refractivity contribution in [3.05, 3.63) is 147 Å². The lowest BCUT2D eigenvalue weighted by molar-refractivity contribution is 0.0926. The highest BCUT2D eigenvalue weighted by Crippen LogP contribution is 2.29. The molecule has 5 rings (SSSR count). The van der Waals surface area contributed by atoms with E-state index in [1.54, 1.807) is 36.5 Å². The number of ether oxygens (including phenoxy) is 1. The normalized spacial score (nSPS) is 10.9. The first-order valence-corrected chi connectivity index (χ1v) is 15.8. The number of rotatable bonds is 12. The van der Waals surface area contributed by atoms with Crippen LogP contribution in [0.1, 0.15) is 62.1 Å². The van der Waals surface area contributed by atoms with E-state index in [2.05, 4.69) is 44.5 Å². The number of carbonyl (C=O) groups excluding carboxylic acids is 2.